The largest absolute Gasteiger partial charge is 0.493 e. The van der Waals surface area contributed by atoms with E-state index in [0.717, 1.165) is 29.2 Å². The molecule has 150 valence electrons. The molecule has 0 saturated heterocycles. The standard InChI is InChI=1S/C24H25NO4/c25-17-24(26)20-7-9-21(10-8-20)27-15-4-16-28-22-11-13-23(14-12-22)29-18-19-5-2-1-3-6-19/h1-3,5-14H,4,15-18,25H2. The second kappa shape index (κ2) is 10.9. The Morgan fingerprint density at radius 1 is 0.690 bits per heavy atom. The lowest BCUT2D eigenvalue weighted by Crippen LogP contribution is -2.13. The van der Waals surface area contributed by atoms with Crippen LogP contribution in [0.5, 0.6) is 17.2 Å². The summed E-state index contributed by atoms with van der Waals surface area (Å²) in [6, 6.07) is 24.7. The number of benzene rings is 3. The Balaban J connectivity index is 1.33. The summed E-state index contributed by atoms with van der Waals surface area (Å²) in [5, 5.41) is 0. The molecule has 0 aliphatic heterocycles. The summed E-state index contributed by atoms with van der Waals surface area (Å²) in [7, 11) is 0. The molecule has 0 heterocycles. The molecule has 3 aromatic rings. The maximum atomic E-state index is 11.5. The first-order chi connectivity index (χ1) is 14.2. The van der Waals surface area contributed by atoms with E-state index in [9.17, 15) is 4.79 Å². The molecule has 0 aliphatic rings. The molecule has 29 heavy (non-hydrogen) atoms. The molecule has 0 spiro atoms. The monoisotopic (exact) mass is 391 g/mol. The van der Waals surface area contributed by atoms with Crippen LogP contribution in [0.3, 0.4) is 0 Å². The molecule has 0 aliphatic carbocycles. The number of ether oxygens (including phenoxy) is 3. The summed E-state index contributed by atoms with van der Waals surface area (Å²) in [5.74, 6) is 2.24. The topological polar surface area (TPSA) is 70.8 Å². The summed E-state index contributed by atoms with van der Waals surface area (Å²) >= 11 is 0. The van der Waals surface area contributed by atoms with Gasteiger partial charge in [0.2, 0.25) is 0 Å². The van der Waals surface area contributed by atoms with E-state index in [1.807, 2.05) is 54.6 Å². The predicted molar refractivity (Wildman–Crippen MR) is 113 cm³/mol. The second-order valence-electron chi connectivity index (χ2n) is 6.45. The molecular weight excluding hydrogens is 366 g/mol. The van der Waals surface area contributed by atoms with Crippen molar-refractivity contribution in [3.63, 3.8) is 0 Å². The molecule has 0 atom stereocenters. The Morgan fingerprint density at radius 3 is 1.76 bits per heavy atom. The van der Waals surface area contributed by atoms with E-state index in [1.54, 1.807) is 24.3 Å². The number of carbonyl (C=O) groups is 1. The average Bonchev–Trinajstić information content (AvgIpc) is 2.79. The van der Waals surface area contributed by atoms with Gasteiger partial charge in [-0.2, -0.15) is 0 Å². The van der Waals surface area contributed by atoms with Gasteiger partial charge in [0.1, 0.15) is 23.9 Å². The molecule has 2 N–H and O–H groups in total. The fourth-order valence-electron chi connectivity index (χ4n) is 2.67. The number of Topliss-reactive ketones (excluding diaryl/α,β-unsaturated/α-hetero) is 1. The summed E-state index contributed by atoms with van der Waals surface area (Å²) in [6.07, 6.45) is 0.746. The van der Waals surface area contributed by atoms with E-state index in [1.165, 1.54) is 0 Å². The first kappa shape index (κ1) is 20.4. The smallest absolute Gasteiger partial charge is 0.176 e. The first-order valence-corrected chi connectivity index (χ1v) is 9.60. The lowest BCUT2D eigenvalue weighted by Gasteiger charge is -2.10. The average molecular weight is 391 g/mol. The SMILES string of the molecule is NCC(=O)c1ccc(OCCCOc2ccc(OCc3ccccc3)cc2)cc1. The van der Waals surface area contributed by atoms with Gasteiger partial charge in [-0.3, -0.25) is 4.79 Å². The van der Waals surface area contributed by atoms with Crippen LogP contribution in [0.15, 0.2) is 78.9 Å². The van der Waals surface area contributed by atoms with Crippen molar-refractivity contribution in [1.29, 1.82) is 0 Å². The van der Waals surface area contributed by atoms with E-state index in [2.05, 4.69) is 0 Å². The van der Waals surface area contributed by atoms with Crippen molar-refractivity contribution >= 4 is 5.78 Å². The molecule has 3 rings (SSSR count). The Hall–Kier alpha value is -3.31. The van der Waals surface area contributed by atoms with Crippen LogP contribution < -0.4 is 19.9 Å². The van der Waals surface area contributed by atoms with Crippen LogP contribution in [-0.4, -0.2) is 25.5 Å². The van der Waals surface area contributed by atoms with Gasteiger partial charge in [-0.1, -0.05) is 30.3 Å². The van der Waals surface area contributed by atoms with Crippen molar-refractivity contribution < 1.29 is 19.0 Å². The van der Waals surface area contributed by atoms with Gasteiger partial charge in [-0.25, -0.2) is 0 Å². The highest BCUT2D eigenvalue weighted by molar-refractivity contribution is 5.97. The zero-order chi connectivity index (χ0) is 20.3. The molecule has 0 unspecified atom stereocenters. The van der Waals surface area contributed by atoms with Crippen molar-refractivity contribution in [2.45, 2.75) is 13.0 Å². The van der Waals surface area contributed by atoms with Crippen LogP contribution in [0, 0.1) is 0 Å². The molecule has 0 fully saturated rings. The summed E-state index contributed by atoms with van der Waals surface area (Å²) in [6.45, 7) is 1.63. The van der Waals surface area contributed by atoms with Crippen molar-refractivity contribution in [3.05, 3.63) is 90.0 Å². The van der Waals surface area contributed by atoms with Gasteiger partial charge < -0.3 is 19.9 Å². The van der Waals surface area contributed by atoms with Crippen molar-refractivity contribution in [3.8, 4) is 17.2 Å². The number of hydrogen-bond acceptors (Lipinski definition) is 5. The molecule has 5 nitrogen and oxygen atoms in total. The molecule has 0 saturated carbocycles. The molecule has 0 amide bonds. The Bertz CT molecular complexity index is 877. The highest BCUT2D eigenvalue weighted by Crippen LogP contribution is 2.19. The van der Waals surface area contributed by atoms with Crippen LogP contribution >= 0.6 is 0 Å². The number of hydrogen-bond donors (Lipinski definition) is 1. The molecule has 0 radical (unpaired) electrons. The number of carbonyl (C=O) groups excluding carboxylic acids is 1. The molecular formula is C24H25NO4. The van der Waals surface area contributed by atoms with Gasteiger partial charge in [-0.15, -0.1) is 0 Å². The quantitative estimate of drug-likeness (QED) is 0.391. The molecule has 3 aromatic carbocycles. The van der Waals surface area contributed by atoms with Gasteiger partial charge in [0.25, 0.3) is 0 Å². The third kappa shape index (κ3) is 6.66. The normalized spacial score (nSPS) is 10.4. The van der Waals surface area contributed by atoms with Crippen LogP contribution in [-0.2, 0) is 6.61 Å². The maximum absolute atomic E-state index is 11.5. The predicted octanol–water partition coefficient (Wildman–Crippen LogP) is 4.25. The molecule has 0 aromatic heterocycles. The van der Waals surface area contributed by atoms with Crippen molar-refractivity contribution in [2.75, 3.05) is 19.8 Å². The minimum Gasteiger partial charge on any atom is -0.493 e. The van der Waals surface area contributed by atoms with Gasteiger partial charge in [0, 0.05) is 12.0 Å². The van der Waals surface area contributed by atoms with Gasteiger partial charge in [0.05, 0.1) is 19.8 Å². The van der Waals surface area contributed by atoms with Crippen molar-refractivity contribution in [1.82, 2.24) is 0 Å². The van der Waals surface area contributed by atoms with Gasteiger partial charge in [0.15, 0.2) is 5.78 Å². The number of rotatable bonds is 11. The second-order valence-corrected chi connectivity index (χ2v) is 6.45. The Labute approximate surface area is 171 Å². The van der Waals surface area contributed by atoms with Crippen LogP contribution in [0.25, 0.3) is 0 Å². The minimum atomic E-state index is -0.0820. The van der Waals surface area contributed by atoms with Crippen molar-refractivity contribution in [2.24, 2.45) is 5.73 Å². The minimum absolute atomic E-state index is 0.0116. The van der Waals surface area contributed by atoms with E-state index < -0.39 is 0 Å². The number of ketones is 1. The third-order valence-electron chi connectivity index (χ3n) is 4.26. The van der Waals surface area contributed by atoms with Crippen LogP contribution in [0.1, 0.15) is 22.3 Å². The zero-order valence-corrected chi connectivity index (χ0v) is 16.3. The van der Waals surface area contributed by atoms with E-state index in [0.29, 0.717) is 25.4 Å². The third-order valence-corrected chi connectivity index (χ3v) is 4.26. The maximum Gasteiger partial charge on any atom is 0.176 e. The fourth-order valence-corrected chi connectivity index (χ4v) is 2.67. The zero-order valence-electron chi connectivity index (χ0n) is 16.3. The first-order valence-electron chi connectivity index (χ1n) is 9.60. The van der Waals surface area contributed by atoms with E-state index >= 15 is 0 Å². The van der Waals surface area contributed by atoms with Crippen LogP contribution in [0.2, 0.25) is 0 Å². The Morgan fingerprint density at radius 2 is 1.21 bits per heavy atom. The van der Waals surface area contributed by atoms with Crippen LogP contribution in [0.4, 0.5) is 0 Å². The summed E-state index contributed by atoms with van der Waals surface area (Å²) in [5.41, 5.74) is 7.08. The molecule has 5 heteroatoms. The van der Waals surface area contributed by atoms with E-state index in [-0.39, 0.29) is 12.3 Å². The summed E-state index contributed by atoms with van der Waals surface area (Å²) in [4.78, 5) is 11.5. The molecule has 0 bridgehead atoms. The van der Waals surface area contributed by atoms with E-state index in [4.69, 9.17) is 19.9 Å². The lowest BCUT2D eigenvalue weighted by atomic mass is 10.1. The fraction of sp³-hybridized carbons (Fsp3) is 0.208. The Kier molecular flexibility index (Phi) is 7.66. The summed E-state index contributed by atoms with van der Waals surface area (Å²) < 4.78 is 17.2. The van der Waals surface area contributed by atoms with Gasteiger partial charge >= 0.3 is 0 Å². The van der Waals surface area contributed by atoms with Gasteiger partial charge in [-0.05, 0) is 54.1 Å². The highest BCUT2D eigenvalue weighted by atomic mass is 16.5. The highest BCUT2D eigenvalue weighted by Gasteiger charge is 2.03. The lowest BCUT2D eigenvalue weighted by molar-refractivity contribution is 0.100. The number of nitrogens with two attached hydrogens (primary N) is 1.